The number of methoxy groups -OCH3 is 1. The maximum Gasteiger partial charge on any atom is 0.391 e. The van der Waals surface area contributed by atoms with Crippen molar-refractivity contribution >= 4 is 0 Å². The monoisotopic (exact) mass is 294 g/mol. The van der Waals surface area contributed by atoms with Crippen LogP contribution in [0, 0.1) is 5.92 Å². The molecule has 2 heterocycles. The van der Waals surface area contributed by atoms with Crippen molar-refractivity contribution in [1.82, 2.24) is 10.2 Å². The molecule has 2 saturated heterocycles. The van der Waals surface area contributed by atoms with Crippen molar-refractivity contribution in [2.24, 2.45) is 5.92 Å². The first-order chi connectivity index (χ1) is 9.49. The van der Waals surface area contributed by atoms with Gasteiger partial charge >= 0.3 is 6.18 Å². The summed E-state index contributed by atoms with van der Waals surface area (Å²) in [6.07, 6.45) is -1.49. The van der Waals surface area contributed by atoms with Gasteiger partial charge in [-0.2, -0.15) is 13.2 Å². The maximum atomic E-state index is 12.9. The van der Waals surface area contributed by atoms with Crippen LogP contribution in [0.2, 0.25) is 0 Å². The van der Waals surface area contributed by atoms with Gasteiger partial charge in [-0.15, -0.1) is 0 Å². The second-order valence-corrected chi connectivity index (χ2v) is 5.94. The van der Waals surface area contributed by atoms with E-state index in [2.05, 4.69) is 5.32 Å². The Hall–Kier alpha value is -0.370. The second kappa shape index (κ2) is 5.44. The number of ether oxygens (including phenoxy) is 2. The smallest absolute Gasteiger partial charge is 0.353 e. The van der Waals surface area contributed by atoms with Gasteiger partial charge in [-0.25, -0.2) is 0 Å². The quantitative estimate of drug-likeness (QED) is 0.791. The predicted octanol–water partition coefficient (Wildman–Crippen LogP) is 2.06. The van der Waals surface area contributed by atoms with Crippen LogP contribution in [0.5, 0.6) is 0 Å². The number of nitrogens with one attached hydrogen (secondary N) is 1. The summed E-state index contributed by atoms with van der Waals surface area (Å²) in [7, 11) is 1.58. The number of alkyl halides is 3. The molecule has 0 amide bonds. The fraction of sp³-hybridized carbons (Fsp3) is 1.00. The van der Waals surface area contributed by atoms with E-state index in [0.717, 1.165) is 19.4 Å². The Morgan fingerprint density at radius 3 is 2.75 bits per heavy atom. The SMILES string of the molecule is COC1NC2OC2CCN1C1CCCC(C(F)(F)F)C1. The van der Waals surface area contributed by atoms with Gasteiger partial charge in [-0.1, -0.05) is 6.42 Å². The van der Waals surface area contributed by atoms with Crippen LogP contribution >= 0.6 is 0 Å². The Bertz CT molecular complexity index is 353. The first-order valence-corrected chi connectivity index (χ1v) is 7.26. The molecule has 0 radical (unpaired) electrons. The molecular weight excluding hydrogens is 273 g/mol. The molecule has 5 atom stereocenters. The van der Waals surface area contributed by atoms with Crippen LogP contribution in [0.15, 0.2) is 0 Å². The van der Waals surface area contributed by atoms with Gasteiger partial charge in [0.15, 0.2) is 6.35 Å². The molecule has 3 aliphatic rings. The zero-order valence-electron chi connectivity index (χ0n) is 11.5. The minimum Gasteiger partial charge on any atom is -0.353 e. The van der Waals surface area contributed by atoms with Crippen LogP contribution in [0.1, 0.15) is 32.1 Å². The lowest BCUT2D eigenvalue weighted by Gasteiger charge is -2.41. The normalized spacial score (nSPS) is 42.9. The Morgan fingerprint density at radius 2 is 2.05 bits per heavy atom. The van der Waals surface area contributed by atoms with Gasteiger partial charge in [0, 0.05) is 19.7 Å². The molecule has 1 N–H and O–H groups in total. The highest BCUT2D eigenvalue weighted by molar-refractivity contribution is 4.92. The number of fused-ring (bicyclic) bond motifs is 1. The largest absolute Gasteiger partial charge is 0.391 e. The summed E-state index contributed by atoms with van der Waals surface area (Å²) < 4.78 is 49.6. The second-order valence-electron chi connectivity index (χ2n) is 5.94. The van der Waals surface area contributed by atoms with Crippen molar-refractivity contribution in [3.63, 3.8) is 0 Å². The number of hydrogen-bond donors (Lipinski definition) is 1. The van der Waals surface area contributed by atoms with E-state index in [0.29, 0.717) is 6.42 Å². The topological polar surface area (TPSA) is 37.0 Å². The third-order valence-corrected chi connectivity index (χ3v) is 4.66. The van der Waals surface area contributed by atoms with Crippen LogP contribution in [0.4, 0.5) is 13.2 Å². The molecule has 116 valence electrons. The molecule has 0 aromatic heterocycles. The summed E-state index contributed by atoms with van der Waals surface area (Å²) in [6, 6.07) is -0.0645. The molecule has 20 heavy (non-hydrogen) atoms. The number of epoxide rings is 1. The molecule has 5 unspecified atom stereocenters. The van der Waals surface area contributed by atoms with E-state index in [1.807, 2.05) is 4.90 Å². The number of halogens is 3. The van der Waals surface area contributed by atoms with Gasteiger partial charge in [0.1, 0.15) is 12.3 Å². The molecule has 2 aliphatic heterocycles. The van der Waals surface area contributed by atoms with Gasteiger partial charge in [0.2, 0.25) is 0 Å². The Kier molecular flexibility index (Phi) is 3.96. The highest BCUT2D eigenvalue weighted by Crippen LogP contribution is 2.40. The van der Waals surface area contributed by atoms with Crippen LogP contribution in [0.25, 0.3) is 0 Å². The molecule has 4 nitrogen and oxygen atoms in total. The molecule has 1 aliphatic carbocycles. The van der Waals surface area contributed by atoms with Crippen molar-refractivity contribution < 1.29 is 22.6 Å². The standard InChI is InChI=1S/C13H21F3N2O2/c1-19-12-17-11-10(20-11)5-6-18(12)9-4-2-3-8(7-9)13(14,15)16/h8-12,17H,2-7H2,1H3. The summed E-state index contributed by atoms with van der Waals surface area (Å²) in [5.41, 5.74) is 0. The fourth-order valence-electron chi connectivity index (χ4n) is 3.48. The van der Waals surface area contributed by atoms with Gasteiger partial charge in [0.05, 0.1) is 5.92 Å². The molecule has 0 bridgehead atoms. The van der Waals surface area contributed by atoms with Crippen molar-refractivity contribution in [2.45, 2.75) is 63.0 Å². The lowest BCUT2D eigenvalue weighted by molar-refractivity contribution is -0.192. The van der Waals surface area contributed by atoms with Crippen molar-refractivity contribution in [3.8, 4) is 0 Å². The van der Waals surface area contributed by atoms with E-state index in [1.165, 1.54) is 0 Å². The summed E-state index contributed by atoms with van der Waals surface area (Å²) in [5.74, 6) is -1.17. The molecule has 0 aromatic rings. The zero-order chi connectivity index (χ0) is 14.3. The summed E-state index contributed by atoms with van der Waals surface area (Å²) >= 11 is 0. The van der Waals surface area contributed by atoms with E-state index >= 15 is 0 Å². The first-order valence-electron chi connectivity index (χ1n) is 7.26. The van der Waals surface area contributed by atoms with Crippen LogP contribution in [-0.4, -0.2) is 49.5 Å². The van der Waals surface area contributed by atoms with E-state index in [9.17, 15) is 13.2 Å². The molecular formula is C13H21F3N2O2. The highest BCUT2D eigenvalue weighted by Gasteiger charge is 2.48. The Labute approximate surface area is 116 Å². The van der Waals surface area contributed by atoms with E-state index in [4.69, 9.17) is 9.47 Å². The zero-order valence-corrected chi connectivity index (χ0v) is 11.5. The number of rotatable bonds is 2. The van der Waals surface area contributed by atoms with Gasteiger partial charge in [-0.3, -0.25) is 10.2 Å². The number of nitrogens with zero attached hydrogens (tertiary/aromatic N) is 1. The van der Waals surface area contributed by atoms with Gasteiger partial charge in [-0.05, 0) is 25.7 Å². The molecule has 0 spiro atoms. The minimum absolute atomic E-state index is 0.00644. The number of hydrogen-bond acceptors (Lipinski definition) is 4. The Balaban J connectivity index is 1.67. The predicted molar refractivity (Wildman–Crippen MR) is 65.7 cm³/mol. The average Bonchev–Trinajstić information content (AvgIpc) is 3.15. The van der Waals surface area contributed by atoms with Gasteiger partial charge < -0.3 is 9.47 Å². The summed E-state index contributed by atoms with van der Waals surface area (Å²) in [6.45, 7) is 0.724. The first kappa shape index (κ1) is 14.6. The molecule has 1 saturated carbocycles. The van der Waals surface area contributed by atoms with Crippen molar-refractivity contribution in [3.05, 3.63) is 0 Å². The van der Waals surface area contributed by atoms with E-state index in [-0.39, 0.29) is 37.6 Å². The van der Waals surface area contributed by atoms with E-state index < -0.39 is 12.1 Å². The minimum atomic E-state index is -4.08. The van der Waals surface area contributed by atoms with Crippen LogP contribution < -0.4 is 5.32 Å². The van der Waals surface area contributed by atoms with Gasteiger partial charge in [0.25, 0.3) is 0 Å². The van der Waals surface area contributed by atoms with Crippen molar-refractivity contribution in [1.29, 1.82) is 0 Å². The fourth-order valence-corrected chi connectivity index (χ4v) is 3.48. The lowest BCUT2D eigenvalue weighted by atomic mass is 9.84. The molecule has 0 aromatic carbocycles. The Morgan fingerprint density at radius 1 is 1.25 bits per heavy atom. The van der Waals surface area contributed by atoms with Crippen LogP contribution in [-0.2, 0) is 9.47 Å². The molecule has 3 fully saturated rings. The maximum absolute atomic E-state index is 12.9. The third-order valence-electron chi connectivity index (χ3n) is 4.66. The van der Waals surface area contributed by atoms with Crippen LogP contribution in [0.3, 0.4) is 0 Å². The summed E-state index contributed by atoms with van der Waals surface area (Å²) in [5, 5.41) is 3.20. The highest BCUT2D eigenvalue weighted by atomic mass is 19.4. The average molecular weight is 294 g/mol. The third kappa shape index (κ3) is 2.95. The molecule has 7 heteroatoms. The van der Waals surface area contributed by atoms with Crippen molar-refractivity contribution in [2.75, 3.05) is 13.7 Å². The lowest BCUT2D eigenvalue weighted by Crippen LogP contribution is -2.53. The molecule has 3 rings (SSSR count). The van der Waals surface area contributed by atoms with E-state index in [1.54, 1.807) is 7.11 Å². The summed E-state index contributed by atoms with van der Waals surface area (Å²) in [4.78, 5) is 2.05.